The van der Waals surface area contributed by atoms with E-state index in [4.69, 9.17) is 4.74 Å². The Morgan fingerprint density at radius 1 is 1.50 bits per heavy atom. The fourth-order valence-electron chi connectivity index (χ4n) is 2.83. The zero-order valence-electron chi connectivity index (χ0n) is 10.3. The summed E-state index contributed by atoms with van der Waals surface area (Å²) in [6.45, 7) is 0.998. The Balaban J connectivity index is 1.77. The number of likely N-dealkylation sites (tertiary alicyclic amines) is 1. The first-order valence-corrected chi connectivity index (χ1v) is 6.30. The lowest BCUT2D eigenvalue weighted by Crippen LogP contribution is -2.37. The van der Waals surface area contributed by atoms with Gasteiger partial charge in [0.05, 0.1) is 5.56 Å². The summed E-state index contributed by atoms with van der Waals surface area (Å²) in [4.78, 5) is 13.3. The highest BCUT2D eigenvalue weighted by atomic mass is 19.1. The van der Waals surface area contributed by atoms with Crippen LogP contribution in [0.1, 0.15) is 23.2 Å². The zero-order valence-corrected chi connectivity index (χ0v) is 10.3. The number of hydrogen-bond acceptors (Lipinski definition) is 3. The molecule has 3 atom stereocenters. The first kappa shape index (κ1) is 11.7. The van der Waals surface area contributed by atoms with E-state index in [1.807, 2.05) is 0 Å². The van der Waals surface area contributed by atoms with Gasteiger partial charge in [-0.3, -0.25) is 4.79 Å². The quantitative estimate of drug-likeness (QED) is 0.768. The highest BCUT2D eigenvalue weighted by molar-refractivity contribution is 5.79. The van der Waals surface area contributed by atoms with Gasteiger partial charge in [0, 0.05) is 24.6 Å². The summed E-state index contributed by atoms with van der Waals surface area (Å²) in [5, 5.41) is 0. The zero-order chi connectivity index (χ0) is 12.7. The van der Waals surface area contributed by atoms with E-state index in [2.05, 4.69) is 11.9 Å². The molecule has 2 fully saturated rings. The molecule has 0 spiro atoms. The average Bonchev–Trinajstić information content (AvgIpc) is 3.14. The summed E-state index contributed by atoms with van der Waals surface area (Å²) in [7, 11) is 2.12. The predicted molar refractivity (Wildman–Crippen MR) is 65.3 cm³/mol. The highest BCUT2D eigenvalue weighted by Gasteiger charge is 2.49. The minimum atomic E-state index is -0.365. The molecule has 4 heteroatoms. The normalized spacial score (nSPS) is 30.7. The minimum Gasteiger partial charge on any atom is -0.489 e. The van der Waals surface area contributed by atoms with Crippen LogP contribution >= 0.6 is 0 Å². The first-order chi connectivity index (χ1) is 8.69. The van der Waals surface area contributed by atoms with Crippen LogP contribution in [0.3, 0.4) is 0 Å². The largest absolute Gasteiger partial charge is 0.489 e. The second-order valence-corrected chi connectivity index (χ2v) is 5.19. The number of aldehydes is 1. The van der Waals surface area contributed by atoms with Crippen molar-refractivity contribution in [3.63, 3.8) is 0 Å². The smallest absolute Gasteiger partial charge is 0.153 e. The number of halogens is 1. The molecule has 2 aliphatic rings. The molecule has 0 aromatic heterocycles. The number of hydrogen-bond donors (Lipinski definition) is 0. The van der Waals surface area contributed by atoms with Gasteiger partial charge >= 0.3 is 0 Å². The Kier molecular flexibility index (Phi) is 2.82. The third kappa shape index (κ3) is 2.01. The molecule has 96 valence electrons. The number of ether oxygens (including phenoxy) is 1. The number of carbonyl (C=O) groups excluding carboxylic acids is 1. The molecule has 0 N–H and O–H groups in total. The number of rotatable bonds is 3. The molecular formula is C14H16FNO2. The van der Waals surface area contributed by atoms with Crippen molar-refractivity contribution in [2.45, 2.75) is 25.0 Å². The van der Waals surface area contributed by atoms with Crippen LogP contribution in [0.2, 0.25) is 0 Å². The maximum absolute atomic E-state index is 13.2. The molecule has 3 rings (SSSR count). The van der Waals surface area contributed by atoms with Gasteiger partial charge in [0.1, 0.15) is 17.7 Å². The predicted octanol–water partition coefficient (Wildman–Crippen LogP) is 2.11. The summed E-state index contributed by atoms with van der Waals surface area (Å²) in [6, 6.07) is 4.67. The van der Waals surface area contributed by atoms with Crippen LogP contribution in [0.25, 0.3) is 0 Å². The molecular weight excluding hydrogens is 233 g/mol. The summed E-state index contributed by atoms with van der Waals surface area (Å²) in [5.41, 5.74) is 0.424. The molecule has 1 heterocycles. The first-order valence-electron chi connectivity index (χ1n) is 6.30. The van der Waals surface area contributed by atoms with Gasteiger partial charge < -0.3 is 9.64 Å². The Labute approximate surface area is 106 Å². The molecule has 1 aromatic rings. The highest BCUT2D eigenvalue weighted by Crippen LogP contribution is 2.44. The van der Waals surface area contributed by atoms with Gasteiger partial charge in [-0.1, -0.05) is 0 Å². The van der Waals surface area contributed by atoms with Crippen molar-refractivity contribution in [3.8, 4) is 5.75 Å². The number of fused-ring (bicyclic) bond motifs is 1. The second-order valence-electron chi connectivity index (χ2n) is 5.19. The molecule has 0 bridgehead atoms. The molecule has 3 unspecified atom stereocenters. The molecule has 3 nitrogen and oxygen atoms in total. The Hall–Kier alpha value is -1.42. The van der Waals surface area contributed by atoms with Crippen molar-refractivity contribution in [2.75, 3.05) is 13.6 Å². The van der Waals surface area contributed by atoms with Crippen LogP contribution in [0.15, 0.2) is 18.2 Å². The van der Waals surface area contributed by atoms with Crippen molar-refractivity contribution in [3.05, 3.63) is 29.6 Å². The number of benzene rings is 1. The topological polar surface area (TPSA) is 29.5 Å². The SMILES string of the molecule is CN1CCC(Oc2cc(F)ccc2C=O)C2CC21. The monoisotopic (exact) mass is 249 g/mol. The van der Waals surface area contributed by atoms with Crippen LogP contribution in [-0.2, 0) is 0 Å². The lowest BCUT2D eigenvalue weighted by Gasteiger charge is -2.29. The van der Waals surface area contributed by atoms with Gasteiger partial charge in [-0.2, -0.15) is 0 Å². The van der Waals surface area contributed by atoms with Crippen LogP contribution in [0.4, 0.5) is 4.39 Å². The standard InChI is InChI=1S/C14H16FNO2/c1-16-5-4-13(11-7-12(11)16)18-14-6-10(15)3-2-9(14)8-17/h2-3,6,8,11-13H,4-5,7H2,1H3. The van der Waals surface area contributed by atoms with E-state index in [0.717, 1.165) is 19.4 Å². The van der Waals surface area contributed by atoms with E-state index in [-0.39, 0.29) is 11.9 Å². The summed E-state index contributed by atoms with van der Waals surface area (Å²) >= 11 is 0. The van der Waals surface area contributed by atoms with Gasteiger partial charge in [0.15, 0.2) is 6.29 Å². The van der Waals surface area contributed by atoms with Crippen LogP contribution in [-0.4, -0.2) is 36.9 Å². The van der Waals surface area contributed by atoms with Crippen LogP contribution < -0.4 is 4.74 Å². The molecule has 1 saturated heterocycles. The van der Waals surface area contributed by atoms with E-state index in [0.29, 0.717) is 29.6 Å². The average molecular weight is 249 g/mol. The molecule has 0 amide bonds. The number of piperidine rings is 1. The van der Waals surface area contributed by atoms with Crippen molar-refractivity contribution in [1.29, 1.82) is 0 Å². The van der Waals surface area contributed by atoms with E-state index < -0.39 is 0 Å². The van der Waals surface area contributed by atoms with Gasteiger partial charge in [0.25, 0.3) is 0 Å². The fraction of sp³-hybridized carbons (Fsp3) is 0.500. The Morgan fingerprint density at radius 3 is 3.11 bits per heavy atom. The lowest BCUT2D eigenvalue weighted by atomic mass is 10.1. The van der Waals surface area contributed by atoms with Crippen molar-refractivity contribution in [1.82, 2.24) is 4.90 Å². The Bertz CT molecular complexity index is 477. The molecule has 1 saturated carbocycles. The third-order valence-electron chi connectivity index (χ3n) is 4.00. The maximum Gasteiger partial charge on any atom is 0.153 e. The second kappa shape index (κ2) is 4.35. The minimum absolute atomic E-state index is 0.117. The van der Waals surface area contributed by atoms with E-state index in [1.165, 1.54) is 18.2 Å². The maximum atomic E-state index is 13.2. The lowest BCUT2D eigenvalue weighted by molar-refractivity contribution is 0.101. The van der Waals surface area contributed by atoms with E-state index in [9.17, 15) is 9.18 Å². The molecule has 18 heavy (non-hydrogen) atoms. The fourth-order valence-corrected chi connectivity index (χ4v) is 2.83. The number of carbonyl (C=O) groups is 1. The van der Waals surface area contributed by atoms with Gasteiger partial charge in [-0.25, -0.2) is 4.39 Å². The van der Waals surface area contributed by atoms with Crippen molar-refractivity contribution < 1.29 is 13.9 Å². The van der Waals surface area contributed by atoms with Crippen molar-refractivity contribution >= 4 is 6.29 Å². The van der Waals surface area contributed by atoms with Gasteiger partial charge in [-0.05, 0) is 32.0 Å². The van der Waals surface area contributed by atoms with Gasteiger partial charge in [-0.15, -0.1) is 0 Å². The number of nitrogens with zero attached hydrogens (tertiary/aromatic N) is 1. The van der Waals surface area contributed by atoms with E-state index in [1.54, 1.807) is 0 Å². The van der Waals surface area contributed by atoms with Crippen LogP contribution in [0.5, 0.6) is 5.75 Å². The Morgan fingerprint density at radius 2 is 2.33 bits per heavy atom. The third-order valence-corrected chi connectivity index (χ3v) is 4.00. The molecule has 1 aromatic carbocycles. The molecule has 0 radical (unpaired) electrons. The summed E-state index contributed by atoms with van der Waals surface area (Å²) in [6.07, 6.45) is 2.92. The van der Waals surface area contributed by atoms with Gasteiger partial charge in [0.2, 0.25) is 0 Å². The van der Waals surface area contributed by atoms with E-state index >= 15 is 0 Å². The molecule has 1 aliphatic heterocycles. The summed E-state index contributed by atoms with van der Waals surface area (Å²) < 4.78 is 19.1. The van der Waals surface area contributed by atoms with Crippen LogP contribution in [0, 0.1) is 11.7 Å². The molecule has 1 aliphatic carbocycles. The summed E-state index contributed by atoms with van der Waals surface area (Å²) in [5.74, 6) is 0.549. The van der Waals surface area contributed by atoms with Crippen molar-refractivity contribution in [2.24, 2.45) is 5.92 Å².